The first-order valence-corrected chi connectivity index (χ1v) is 7.42. The highest BCUT2D eigenvalue weighted by Gasteiger charge is 2.12. The SMILES string of the molecule is Cc1ccc(NC(=S)N/N=C\c2ccc(O)c([N+](=O)[O-])c2)c(C)c1. The summed E-state index contributed by atoms with van der Waals surface area (Å²) in [7, 11) is 0. The second-order valence-corrected chi connectivity index (χ2v) is 5.56. The number of nitrogens with one attached hydrogen (secondary N) is 2. The highest BCUT2D eigenvalue weighted by atomic mass is 32.1. The molecule has 0 fully saturated rings. The normalized spacial score (nSPS) is 10.6. The van der Waals surface area contributed by atoms with Crippen molar-refractivity contribution in [3.63, 3.8) is 0 Å². The summed E-state index contributed by atoms with van der Waals surface area (Å²) in [6.45, 7) is 3.98. The van der Waals surface area contributed by atoms with Gasteiger partial charge in [-0.2, -0.15) is 5.10 Å². The van der Waals surface area contributed by atoms with Crippen LogP contribution in [0.2, 0.25) is 0 Å². The number of aryl methyl sites for hydroxylation is 2. The Hall–Kier alpha value is -3.00. The van der Waals surface area contributed by atoms with Gasteiger partial charge in [-0.25, -0.2) is 0 Å². The number of thiocarbonyl (C=S) groups is 1. The molecule has 0 aromatic heterocycles. The average molecular weight is 344 g/mol. The van der Waals surface area contributed by atoms with Crippen molar-refractivity contribution in [1.29, 1.82) is 0 Å². The van der Waals surface area contributed by atoms with Crippen LogP contribution in [0.5, 0.6) is 5.75 Å². The van der Waals surface area contributed by atoms with Crippen molar-refractivity contribution in [2.75, 3.05) is 5.32 Å². The molecule has 0 aliphatic carbocycles. The minimum atomic E-state index is -0.660. The van der Waals surface area contributed by atoms with Gasteiger partial charge in [-0.3, -0.25) is 15.5 Å². The van der Waals surface area contributed by atoms with E-state index in [9.17, 15) is 15.2 Å². The molecule has 124 valence electrons. The van der Waals surface area contributed by atoms with Crippen molar-refractivity contribution in [3.8, 4) is 5.75 Å². The van der Waals surface area contributed by atoms with Crippen LogP contribution in [0.1, 0.15) is 16.7 Å². The van der Waals surface area contributed by atoms with Gasteiger partial charge in [-0.05, 0) is 49.8 Å². The summed E-state index contributed by atoms with van der Waals surface area (Å²) in [5.74, 6) is -0.392. The van der Waals surface area contributed by atoms with E-state index >= 15 is 0 Å². The molecule has 0 aliphatic rings. The summed E-state index contributed by atoms with van der Waals surface area (Å²) >= 11 is 5.15. The van der Waals surface area contributed by atoms with Crippen molar-refractivity contribution >= 4 is 34.9 Å². The summed E-state index contributed by atoms with van der Waals surface area (Å²) in [4.78, 5) is 10.1. The zero-order valence-electron chi connectivity index (χ0n) is 13.1. The number of phenolic OH excluding ortho intramolecular Hbond substituents is 1. The molecule has 2 aromatic carbocycles. The van der Waals surface area contributed by atoms with E-state index in [2.05, 4.69) is 15.8 Å². The first-order valence-electron chi connectivity index (χ1n) is 7.01. The van der Waals surface area contributed by atoms with Gasteiger partial charge < -0.3 is 10.4 Å². The highest BCUT2D eigenvalue weighted by molar-refractivity contribution is 7.80. The smallest absolute Gasteiger partial charge is 0.311 e. The van der Waals surface area contributed by atoms with Crippen LogP contribution in [0.25, 0.3) is 0 Å². The third-order valence-electron chi connectivity index (χ3n) is 3.21. The Labute approximate surface area is 144 Å². The molecular formula is C16H16N4O3S. The van der Waals surface area contributed by atoms with Gasteiger partial charge >= 0.3 is 5.69 Å². The highest BCUT2D eigenvalue weighted by Crippen LogP contribution is 2.25. The molecule has 7 nitrogen and oxygen atoms in total. The number of hydrogen-bond donors (Lipinski definition) is 3. The van der Waals surface area contributed by atoms with Crippen molar-refractivity contribution < 1.29 is 10.0 Å². The number of rotatable bonds is 4. The van der Waals surface area contributed by atoms with Crippen LogP contribution >= 0.6 is 12.2 Å². The molecule has 0 saturated carbocycles. The van der Waals surface area contributed by atoms with Crippen LogP contribution in [0.4, 0.5) is 11.4 Å². The Morgan fingerprint density at radius 1 is 1.29 bits per heavy atom. The molecule has 2 aromatic rings. The molecule has 0 saturated heterocycles. The molecule has 0 aliphatic heterocycles. The Bertz CT molecular complexity index is 821. The fourth-order valence-electron chi connectivity index (χ4n) is 2.04. The van der Waals surface area contributed by atoms with Crippen molar-refractivity contribution in [1.82, 2.24) is 5.43 Å². The predicted molar refractivity (Wildman–Crippen MR) is 97.6 cm³/mol. The van der Waals surface area contributed by atoms with Crippen molar-refractivity contribution in [3.05, 3.63) is 63.2 Å². The first-order chi connectivity index (χ1) is 11.4. The lowest BCUT2D eigenvalue weighted by atomic mass is 10.1. The molecule has 0 unspecified atom stereocenters. The largest absolute Gasteiger partial charge is 0.502 e. The zero-order valence-corrected chi connectivity index (χ0v) is 13.9. The van der Waals surface area contributed by atoms with Crippen LogP contribution in [0.3, 0.4) is 0 Å². The number of aromatic hydroxyl groups is 1. The van der Waals surface area contributed by atoms with E-state index in [1.165, 1.54) is 24.4 Å². The van der Waals surface area contributed by atoms with Gasteiger partial charge in [0.2, 0.25) is 0 Å². The summed E-state index contributed by atoms with van der Waals surface area (Å²) in [6, 6.07) is 9.90. The van der Waals surface area contributed by atoms with Crippen LogP contribution in [-0.4, -0.2) is 21.4 Å². The summed E-state index contributed by atoms with van der Waals surface area (Å²) in [6.07, 6.45) is 1.38. The van der Waals surface area contributed by atoms with Crippen LogP contribution in [0.15, 0.2) is 41.5 Å². The monoisotopic (exact) mass is 344 g/mol. The molecule has 3 N–H and O–H groups in total. The van der Waals surface area contributed by atoms with Gasteiger partial charge in [0, 0.05) is 17.3 Å². The topological polar surface area (TPSA) is 99.8 Å². The molecular weight excluding hydrogens is 328 g/mol. The second kappa shape index (κ2) is 7.51. The number of phenols is 1. The predicted octanol–water partition coefficient (Wildman–Crippen LogP) is 3.24. The van der Waals surface area contributed by atoms with E-state index in [1.54, 1.807) is 0 Å². The Balaban J connectivity index is 2.00. The second-order valence-electron chi connectivity index (χ2n) is 5.15. The summed E-state index contributed by atoms with van der Waals surface area (Å²) in [5.41, 5.74) is 5.80. The molecule has 0 heterocycles. The van der Waals surface area contributed by atoms with Gasteiger partial charge in [0.1, 0.15) is 0 Å². The standard InChI is InChI=1S/C16H16N4O3S/c1-10-3-5-13(11(2)7-10)18-16(24)19-17-9-12-4-6-15(21)14(8-12)20(22)23/h3-9,21H,1-2H3,(H2,18,19,24)/b17-9-. The van der Waals surface area contributed by atoms with Gasteiger partial charge in [0.25, 0.3) is 0 Å². The number of benzene rings is 2. The number of anilines is 1. The molecule has 0 radical (unpaired) electrons. The summed E-state index contributed by atoms with van der Waals surface area (Å²) < 4.78 is 0. The molecule has 0 spiro atoms. The number of nitro groups is 1. The average Bonchev–Trinajstić information content (AvgIpc) is 2.51. The lowest BCUT2D eigenvalue weighted by molar-refractivity contribution is -0.385. The lowest BCUT2D eigenvalue weighted by Crippen LogP contribution is -2.24. The molecule has 8 heteroatoms. The maximum absolute atomic E-state index is 10.8. The fourth-order valence-corrected chi connectivity index (χ4v) is 2.20. The third-order valence-corrected chi connectivity index (χ3v) is 3.40. The Morgan fingerprint density at radius 3 is 2.71 bits per heavy atom. The van der Waals surface area contributed by atoms with Gasteiger partial charge in [0.05, 0.1) is 11.1 Å². The van der Waals surface area contributed by atoms with E-state index in [1.807, 2.05) is 32.0 Å². The third kappa shape index (κ3) is 4.50. The van der Waals surface area contributed by atoms with Crippen molar-refractivity contribution in [2.24, 2.45) is 5.10 Å². The van der Waals surface area contributed by atoms with Crippen LogP contribution in [-0.2, 0) is 0 Å². The minimum absolute atomic E-state index is 0.298. The van der Waals surface area contributed by atoms with Gasteiger partial charge in [-0.1, -0.05) is 17.7 Å². The number of hydrazone groups is 1. The quantitative estimate of drug-likeness (QED) is 0.341. The molecule has 2 rings (SSSR count). The van der Waals surface area contributed by atoms with Crippen LogP contribution < -0.4 is 10.7 Å². The van der Waals surface area contributed by atoms with E-state index < -0.39 is 10.7 Å². The molecule has 0 atom stereocenters. The molecule has 0 amide bonds. The van der Waals surface area contributed by atoms with E-state index in [0.29, 0.717) is 10.7 Å². The number of nitrogens with zero attached hydrogens (tertiary/aromatic N) is 2. The first kappa shape index (κ1) is 17.4. The maximum atomic E-state index is 10.8. The van der Waals surface area contributed by atoms with E-state index in [0.717, 1.165) is 16.8 Å². The Kier molecular flexibility index (Phi) is 5.43. The van der Waals surface area contributed by atoms with Crippen molar-refractivity contribution in [2.45, 2.75) is 13.8 Å². The van der Waals surface area contributed by atoms with E-state index in [-0.39, 0.29) is 5.69 Å². The van der Waals surface area contributed by atoms with Gasteiger partial charge in [0.15, 0.2) is 10.9 Å². The minimum Gasteiger partial charge on any atom is -0.502 e. The summed E-state index contributed by atoms with van der Waals surface area (Å²) in [5, 5.41) is 27.4. The van der Waals surface area contributed by atoms with Crippen LogP contribution in [0, 0.1) is 24.0 Å². The maximum Gasteiger partial charge on any atom is 0.311 e. The molecule has 24 heavy (non-hydrogen) atoms. The van der Waals surface area contributed by atoms with Gasteiger partial charge in [-0.15, -0.1) is 0 Å². The zero-order chi connectivity index (χ0) is 17.7. The number of nitro benzene ring substituents is 1. The fraction of sp³-hybridized carbons (Fsp3) is 0.125. The number of hydrogen-bond acceptors (Lipinski definition) is 5. The lowest BCUT2D eigenvalue weighted by Gasteiger charge is -2.10. The molecule has 0 bridgehead atoms. The Morgan fingerprint density at radius 2 is 2.04 bits per heavy atom. The van der Waals surface area contributed by atoms with E-state index in [4.69, 9.17) is 12.2 Å².